The monoisotopic (exact) mass is 215 g/mol. The van der Waals surface area contributed by atoms with E-state index in [0.29, 0.717) is 12.8 Å². The van der Waals surface area contributed by atoms with E-state index in [-0.39, 0.29) is 18.4 Å². The van der Waals surface area contributed by atoms with Crippen LogP contribution >= 0.6 is 0 Å². The van der Waals surface area contributed by atoms with E-state index in [1.807, 2.05) is 13.8 Å². The molecule has 0 atom stereocenters. The zero-order valence-corrected chi connectivity index (χ0v) is 9.96. The first kappa shape index (κ1) is 13.9. The highest BCUT2D eigenvalue weighted by molar-refractivity contribution is 5.85. The van der Waals surface area contributed by atoms with E-state index in [1.165, 1.54) is 0 Å². The summed E-state index contributed by atoms with van der Waals surface area (Å²) in [7, 11) is 0. The van der Waals surface area contributed by atoms with Crippen LogP contribution in [-0.4, -0.2) is 23.0 Å². The molecule has 4 heteroatoms. The number of amides is 1. The molecule has 0 saturated carbocycles. The second-order valence-electron chi connectivity index (χ2n) is 4.19. The van der Waals surface area contributed by atoms with Crippen LogP contribution in [0.15, 0.2) is 0 Å². The number of rotatable bonds is 6. The number of hydrogen-bond acceptors (Lipinski definition) is 2. The average Bonchev–Trinajstić information content (AvgIpc) is 2.12. The fraction of sp³-hybridized carbons (Fsp3) is 0.818. The van der Waals surface area contributed by atoms with Crippen LogP contribution in [0.2, 0.25) is 0 Å². The maximum atomic E-state index is 11.5. The molecule has 0 aliphatic heterocycles. The molecule has 4 nitrogen and oxygen atoms in total. The van der Waals surface area contributed by atoms with E-state index in [9.17, 15) is 9.59 Å². The highest BCUT2D eigenvalue weighted by Crippen LogP contribution is 2.30. The third-order valence-electron chi connectivity index (χ3n) is 2.76. The third kappa shape index (κ3) is 3.90. The molecule has 0 unspecified atom stereocenters. The average molecular weight is 215 g/mol. The Labute approximate surface area is 91.1 Å². The summed E-state index contributed by atoms with van der Waals surface area (Å²) in [6, 6.07) is 0.0534. The Hall–Kier alpha value is -1.06. The van der Waals surface area contributed by atoms with Crippen molar-refractivity contribution < 1.29 is 14.7 Å². The SMILES string of the molecule is CCC(CC)(CC(=O)NC(C)C)C(=O)O. The van der Waals surface area contributed by atoms with Gasteiger partial charge in [-0.1, -0.05) is 13.8 Å². The number of aliphatic carboxylic acids is 1. The summed E-state index contributed by atoms with van der Waals surface area (Å²) in [6.07, 6.45) is 1.02. The lowest BCUT2D eigenvalue weighted by Gasteiger charge is -2.26. The van der Waals surface area contributed by atoms with Crippen LogP contribution in [0.5, 0.6) is 0 Å². The van der Waals surface area contributed by atoms with Crippen molar-refractivity contribution in [2.75, 3.05) is 0 Å². The Bertz CT molecular complexity index is 232. The Kier molecular flexibility index (Phi) is 5.33. The van der Waals surface area contributed by atoms with Crippen molar-refractivity contribution in [1.82, 2.24) is 5.32 Å². The molecule has 0 radical (unpaired) electrons. The summed E-state index contributed by atoms with van der Waals surface area (Å²) >= 11 is 0. The second kappa shape index (κ2) is 5.73. The molecule has 0 heterocycles. The minimum Gasteiger partial charge on any atom is -0.481 e. The molecule has 0 fully saturated rings. The zero-order chi connectivity index (χ0) is 12.1. The summed E-state index contributed by atoms with van der Waals surface area (Å²) < 4.78 is 0. The van der Waals surface area contributed by atoms with Crippen LogP contribution in [0, 0.1) is 5.41 Å². The van der Waals surface area contributed by atoms with Gasteiger partial charge in [0.05, 0.1) is 5.41 Å². The Morgan fingerprint density at radius 3 is 2.00 bits per heavy atom. The van der Waals surface area contributed by atoms with Crippen LogP contribution in [0.4, 0.5) is 0 Å². The Morgan fingerprint density at radius 2 is 1.73 bits per heavy atom. The van der Waals surface area contributed by atoms with Gasteiger partial charge in [0.2, 0.25) is 5.91 Å². The smallest absolute Gasteiger partial charge is 0.310 e. The van der Waals surface area contributed by atoms with Gasteiger partial charge in [0.25, 0.3) is 0 Å². The van der Waals surface area contributed by atoms with Crippen LogP contribution in [0.1, 0.15) is 47.0 Å². The van der Waals surface area contributed by atoms with Crippen LogP contribution < -0.4 is 5.32 Å². The fourth-order valence-electron chi connectivity index (χ4n) is 1.56. The van der Waals surface area contributed by atoms with Gasteiger partial charge in [0.15, 0.2) is 0 Å². The van der Waals surface area contributed by atoms with Gasteiger partial charge < -0.3 is 10.4 Å². The lowest BCUT2D eigenvalue weighted by atomic mass is 9.79. The van der Waals surface area contributed by atoms with Gasteiger partial charge in [0.1, 0.15) is 0 Å². The maximum absolute atomic E-state index is 11.5. The first-order valence-corrected chi connectivity index (χ1v) is 5.40. The van der Waals surface area contributed by atoms with Crippen molar-refractivity contribution in [3.05, 3.63) is 0 Å². The molecule has 1 amide bonds. The van der Waals surface area contributed by atoms with E-state index >= 15 is 0 Å². The van der Waals surface area contributed by atoms with Crippen LogP contribution in [0.3, 0.4) is 0 Å². The van der Waals surface area contributed by atoms with E-state index in [0.717, 1.165) is 0 Å². The summed E-state index contributed by atoms with van der Waals surface area (Å²) in [4.78, 5) is 22.6. The molecule has 0 aromatic carbocycles. The van der Waals surface area contributed by atoms with Crippen molar-refractivity contribution >= 4 is 11.9 Å². The molecular weight excluding hydrogens is 194 g/mol. The number of nitrogens with one attached hydrogen (secondary N) is 1. The molecule has 88 valence electrons. The van der Waals surface area contributed by atoms with Crippen molar-refractivity contribution in [3.63, 3.8) is 0 Å². The van der Waals surface area contributed by atoms with Gasteiger partial charge >= 0.3 is 5.97 Å². The predicted molar refractivity (Wildman–Crippen MR) is 58.5 cm³/mol. The van der Waals surface area contributed by atoms with Gasteiger partial charge in [-0.3, -0.25) is 9.59 Å². The van der Waals surface area contributed by atoms with E-state index in [2.05, 4.69) is 5.32 Å². The fourth-order valence-corrected chi connectivity index (χ4v) is 1.56. The molecule has 0 bridgehead atoms. The lowest BCUT2D eigenvalue weighted by molar-refractivity contribution is -0.152. The molecule has 0 aromatic rings. The van der Waals surface area contributed by atoms with Gasteiger partial charge in [-0.15, -0.1) is 0 Å². The highest BCUT2D eigenvalue weighted by atomic mass is 16.4. The molecule has 2 N–H and O–H groups in total. The second-order valence-corrected chi connectivity index (χ2v) is 4.19. The van der Waals surface area contributed by atoms with Gasteiger partial charge in [0, 0.05) is 12.5 Å². The quantitative estimate of drug-likeness (QED) is 0.710. The number of hydrogen-bond donors (Lipinski definition) is 2. The lowest BCUT2D eigenvalue weighted by Crippen LogP contribution is -2.39. The van der Waals surface area contributed by atoms with Crippen LogP contribution in [-0.2, 0) is 9.59 Å². The molecule has 0 spiro atoms. The molecule has 0 aromatic heterocycles. The molecule has 0 rings (SSSR count). The van der Waals surface area contributed by atoms with Crippen molar-refractivity contribution in [2.24, 2.45) is 5.41 Å². The molecule has 0 saturated heterocycles. The van der Waals surface area contributed by atoms with Crippen molar-refractivity contribution in [1.29, 1.82) is 0 Å². The van der Waals surface area contributed by atoms with Crippen LogP contribution in [0.25, 0.3) is 0 Å². The first-order valence-electron chi connectivity index (χ1n) is 5.40. The Morgan fingerprint density at radius 1 is 1.27 bits per heavy atom. The van der Waals surface area contributed by atoms with Crippen molar-refractivity contribution in [2.45, 2.75) is 53.0 Å². The largest absolute Gasteiger partial charge is 0.481 e. The van der Waals surface area contributed by atoms with E-state index in [1.54, 1.807) is 13.8 Å². The minimum atomic E-state index is -0.904. The number of carbonyl (C=O) groups is 2. The first-order chi connectivity index (χ1) is 6.88. The highest BCUT2D eigenvalue weighted by Gasteiger charge is 2.37. The minimum absolute atomic E-state index is 0.0534. The van der Waals surface area contributed by atoms with Crippen molar-refractivity contribution in [3.8, 4) is 0 Å². The predicted octanol–water partition coefficient (Wildman–Crippen LogP) is 1.79. The summed E-state index contributed by atoms with van der Waals surface area (Å²) in [5, 5.41) is 11.8. The standard InChI is InChI=1S/C11H21NO3/c1-5-11(6-2,10(14)15)7-9(13)12-8(3)4/h8H,5-7H2,1-4H3,(H,12,13)(H,14,15). The Balaban J connectivity index is 4.54. The molecule has 15 heavy (non-hydrogen) atoms. The number of carboxylic acid groups (broad SMARTS) is 1. The van der Waals surface area contributed by atoms with E-state index in [4.69, 9.17) is 5.11 Å². The zero-order valence-electron chi connectivity index (χ0n) is 9.96. The summed E-state index contributed by atoms with van der Waals surface area (Å²) in [5.74, 6) is -1.07. The maximum Gasteiger partial charge on any atom is 0.310 e. The van der Waals surface area contributed by atoms with Gasteiger partial charge in [-0.2, -0.15) is 0 Å². The topological polar surface area (TPSA) is 66.4 Å². The van der Waals surface area contributed by atoms with Gasteiger partial charge in [-0.25, -0.2) is 0 Å². The summed E-state index contributed by atoms with van der Waals surface area (Å²) in [5.41, 5.74) is -0.904. The number of carbonyl (C=O) groups excluding carboxylic acids is 1. The van der Waals surface area contributed by atoms with Gasteiger partial charge in [-0.05, 0) is 26.7 Å². The third-order valence-corrected chi connectivity index (χ3v) is 2.76. The molecular formula is C11H21NO3. The summed E-state index contributed by atoms with van der Waals surface area (Å²) in [6.45, 7) is 7.33. The normalized spacial score (nSPS) is 11.5. The molecule has 0 aliphatic rings. The number of carboxylic acids is 1. The molecule has 0 aliphatic carbocycles. The van der Waals surface area contributed by atoms with E-state index < -0.39 is 11.4 Å².